The van der Waals surface area contributed by atoms with E-state index in [9.17, 15) is 4.79 Å². The fraction of sp³-hybridized carbons (Fsp3) is 0.316. The van der Waals surface area contributed by atoms with Gasteiger partial charge >= 0.3 is 0 Å². The van der Waals surface area contributed by atoms with Gasteiger partial charge in [0, 0.05) is 23.7 Å². The number of carbonyl (C=O) groups excluding carboxylic acids is 1. The minimum Gasteiger partial charge on any atom is -0.324 e. The number of hydrogen-bond acceptors (Lipinski definition) is 3. The van der Waals surface area contributed by atoms with Crippen LogP contribution in [0.15, 0.2) is 48.4 Å². The average molecular weight is 328 g/mol. The second-order valence-corrected chi connectivity index (χ2v) is 6.58. The number of nitrogens with one attached hydrogen (secondary N) is 1. The number of anilines is 1. The lowest BCUT2D eigenvalue weighted by molar-refractivity contribution is -0.117. The second-order valence-electron chi connectivity index (χ2n) is 5.55. The summed E-state index contributed by atoms with van der Waals surface area (Å²) in [6.07, 6.45) is 2.75. The second kappa shape index (κ2) is 8.65. The van der Waals surface area contributed by atoms with E-state index in [2.05, 4.69) is 41.2 Å². The summed E-state index contributed by atoms with van der Waals surface area (Å²) in [5.41, 5.74) is 3.23. The number of amides is 1. The highest BCUT2D eigenvalue weighted by molar-refractivity contribution is 7.09. The third kappa shape index (κ3) is 5.05. The van der Waals surface area contributed by atoms with Crippen LogP contribution in [-0.2, 0) is 17.8 Å². The lowest BCUT2D eigenvalue weighted by atomic mass is 10.1. The Kier molecular flexibility index (Phi) is 6.56. The topological polar surface area (TPSA) is 32.3 Å². The smallest absolute Gasteiger partial charge is 0.238 e. The largest absolute Gasteiger partial charge is 0.324 e. The van der Waals surface area contributed by atoms with Crippen LogP contribution in [-0.4, -0.2) is 23.9 Å². The number of rotatable bonds is 8. The maximum absolute atomic E-state index is 12.5. The van der Waals surface area contributed by atoms with Gasteiger partial charge in [-0.1, -0.05) is 37.3 Å². The van der Waals surface area contributed by atoms with Gasteiger partial charge in [-0.25, -0.2) is 0 Å². The Labute approximate surface area is 142 Å². The van der Waals surface area contributed by atoms with Crippen molar-refractivity contribution in [2.75, 3.05) is 18.4 Å². The molecule has 0 aliphatic rings. The number of thiophene rings is 1. The van der Waals surface area contributed by atoms with E-state index in [1.165, 1.54) is 10.4 Å². The normalized spacial score (nSPS) is 10.7. The van der Waals surface area contributed by atoms with Crippen molar-refractivity contribution in [2.24, 2.45) is 0 Å². The predicted octanol–water partition coefficient (Wildman–Crippen LogP) is 4.25. The lowest BCUT2D eigenvalue weighted by Gasteiger charge is -2.20. The Balaban J connectivity index is 2.03. The molecule has 0 aliphatic heterocycles. The first kappa shape index (κ1) is 17.4. The molecule has 1 N–H and O–H groups in total. The highest BCUT2D eigenvalue weighted by Crippen LogP contribution is 2.21. The monoisotopic (exact) mass is 328 g/mol. The van der Waals surface area contributed by atoms with Crippen LogP contribution in [0.1, 0.15) is 22.9 Å². The van der Waals surface area contributed by atoms with Crippen molar-refractivity contribution in [3.63, 3.8) is 0 Å². The van der Waals surface area contributed by atoms with Crippen molar-refractivity contribution in [3.8, 4) is 0 Å². The average Bonchev–Trinajstić information content (AvgIpc) is 3.02. The summed E-state index contributed by atoms with van der Waals surface area (Å²) in [7, 11) is 0. The van der Waals surface area contributed by atoms with Gasteiger partial charge in [0.25, 0.3) is 0 Å². The molecule has 1 aromatic carbocycles. The van der Waals surface area contributed by atoms with Crippen LogP contribution in [0, 0.1) is 6.92 Å². The van der Waals surface area contributed by atoms with E-state index >= 15 is 0 Å². The van der Waals surface area contributed by atoms with Gasteiger partial charge in [-0.2, -0.15) is 0 Å². The van der Waals surface area contributed by atoms with Gasteiger partial charge in [0.05, 0.1) is 6.54 Å². The van der Waals surface area contributed by atoms with Gasteiger partial charge in [-0.15, -0.1) is 17.9 Å². The number of carbonyl (C=O) groups is 1. The van der Waals surface area contributed by atoms with Gasteiger partial charge in [0.1, 0.15) is 0 Å². The molecule has 3 nitrogen and oxygen atoms in total. The number of hydrogen-bond donors (Lipinski definition) is 1. The Bertz CT molecular complexity index is 649. The molecule has 2 aromatic rings. The van der Waals surface area contributed by atoms with Crippen LogP contribution in [0.5, 0.6) is 0 Å². The van der Waals surface area contributed by atoms with E-state index in [1.807, 2.05) is 31.2 Å². The summed E-state index contributed by atoms with van der Waals surface area (Å²) >= 11 is 1.71. The molecule has 4 heteroatoms. The van der Waals surface area contributed by atoms with Crippen LogP contribution in [0.2, 0.25) is 0 Å². The number of nitrogens with zero attached hydrogens (tertiary/aromatic N) is 1. The van der Waals surface area contributed by atoms with Crippen LogP contribution in [0.25, 0.3) is 0 Å². The lowest BCUT2D eigenvalue weighted by Crippen LogP contribution is -2.33. The zero-order valence-electron chi connectivity index (χ0n) is 13.8. The summed E-state index contributed by atoms with van der Waals surface area (Å²) in [5, 5.41) is 5.14. The molecule has 1 aromatic heterocycles. The Hall–Kier alpha value is -1.91. The van der Waals surface area contributed by atoms with Crippen molar-refractivity contribution in [2.45, 2.75) is 26.8 Å². The van der Waals surface area contributed by atoms with E-state index in [4.69, 9.17) is 0 Å². The zero-order chi connectivity index (χ0) is 16.7. The molecule has 0 radical (unpaired) electrons. The molecular weight excluding hydrogens is 304 g/mol. The first-order chi connectivity index (χ1) is 11.1. The number of benzene rings is 1. The molecule has 23 heavy (non-hydrogen) atoms. The summed E-state index contributed by atoms with van der Waals surface area (Å²) < 4.78 is 0. The van der Waals surface area contributed by atoms with Crippen molar-refractivity contribution in [1.29, 1.82) is 0 Å². The van der Waals surface area contributed by atoms with E-state index in [0.717, 1.165) is 24.2 Å². The van der Waals surface area contributed by atoms with Crippen LogP contribution < -0.4 is 5.32 Å². The first-order valence-electron chi connectivity index (χ1n) is 7.88. The van der Waals surface area contributed by atoms with Crippen molar-refractivity contribution >= 4 is 22.9 Å². The summed E-state index contributed by atoms with van der Waals surface area (Å²) in [5.74, 6) is 0.0207. The zero-order valence-corrected chi connectivity index (χ0v) is 14.7. The molecule has 2 rings (SSSR count). The Morgan fingerprint density at radius 2 is 2.17 bits per heavy atom. The molecule has 0 atom stereocenters. The molecule has 0 fully saturated rings. The SMILES string of the molecule is C=CCN(CC(=O)Nc1c(C)cccc1CC)Cc1cccs1. The Morgan fingerprint density at radius 1 is 1.35 bits per heavy atom. The molecule has 0 unspecified atom stereocenters. The highest BCUT2D eigenvalue weighted by atomic mass is 32.1. The molecule has 1 amide bonds. The highest BCUT2D eigenvalue weighted by Gasteiger charge is 2.13. The van der Waals surface area contributed by atoms with Gasteiger partial charge < -0.3 is 5.32 Å². The number of para-hydroxylation sites is 1. The maximum Gasteiger partial charge on any atom is 0.238 e. The molecule has 0 aliphatic carbocycles. The summed E-state index contributed by atoms with van der Waals surface area (Å²) in [6, 6.07) is 10.3. The van der Waals surface area contributed by atoms with Crippen LogP contribution in [0.4, 0.5) is 5.69 Å². The van der Waals surface area contributed by atoms with Gasteiger partial charge in [0.2, 0.25) is 5.91 Å². The van der Waals surface area contributed by atoms with Crippen molar-refractivity contribution < 1.29 is 4.79 Å². The van der Waals surface area contributed by atoms with E-state index in [0.29, 0.717) is 13.1 Å². The fourth-order valence-corrected chi connectivity index (χ4v) is 3.32. The molecule has 0 saturated heterocycles. The summed E-state index contributed by atoms with van der Waals surface area (Å²) in [6.45, 7) is 9.75. The van der Waals surface area contributed by atoms with E-state index in [1.54, 1.807) is 11.3 Å². The third-order valence-electron chi connectivity index (χ3n) is 3.72. The molecule has 0 saturated carbocycles. The standard InChI is InChI=1S/C19H24N2OS/c1-4-11-21(13-17-10-7-12-23-17)14-18(22)20-19-15(3)8-6-9-16(19)5-2/h4,6-10,12H,1,5,11,13-14H2,2-3H3,(H,20,22). The Morgan fingerprint density at radius 3 is 2.83 bits per heavy atom. The first-order valence-corrected chi connectivity index (χ1v) is 8.76. The minimum absolute atomic E-state index is 0.0207. The minimum atomic E-state index is 0.0207. The fourth-order valence-electron chi connectivity index (χ4n) is 2.57. The van der Waals surface area contributed by atoms with E-state index < -0.39 is 0 Å². The van der Waals surface area contributed by atoms with Crippen LogP contribution >= 0.6 is 11.3 Å². The quantitative estimate of drug-likeness (QED) is 0.735. The van der Waals surface area contributed by atoms with E-state index in [-0.39, 0.29) is 5.91 Å². The molecular formula is C19H24N2OS. The third-order valence-corrected chi connectivity index (χ3v) is 4.58. The van der Waals surface area contributed by atoms with Crippen molar-refractivity contribution in [3.05, 3.63) is 64.4 Å². The molecule has 1 heterocycles. The summed E-state index contributed by atoms with van der Waals surface area (Å²) in [4.78, 5) is 15.8. The van der Waals surface area contributed by atoms with Gasteiger partial charge in [0.15, 0.2) is 0 Å². The molecule has 0 bridgehead atoms. The van der Waals surface area contributed by atoms with Gasteiger partial charge in [-0.3, -0.25) is 9.69 Å². The maximum atomic E-state index is 12.5. The van der Waals surface area contributed by atoms with Gasteiger partial charge in [-0.05, 0) is 35.9 Å². The van der Waals surface area contributed by atoms with Crippen LogP contribution in [0.3, 0.4) is 0 Å². The number of aryl methyl sites for hydroxylation is 2. The molecule has 122 valence electrons. The predicted molar refractivity (Wildman–Crippen MR) is 99.0 cm³/mol. The van der Waals surface area contributed by atoms with Crippen molar-refractivity contribution in [1.82, 2.24) is 4.90 Å². The molecule has 0 spiro atoms.